The third-order valence-electron chi connectivity index (χ3n) is 8.96. The first-order valence-corrected chi connectivity index (χ1v) is 13.2. The van der Waals surface area contributed by atoms with E-state index in [2.05, 4.69) is 59.2 Å². The Hall–Kier alpha value is -2.63. The lowest BCUT2D eigenvalue weighted by molar-refractivity contribution is -0.138. The minimum absolute atomic E-state index is 0.0887. The van der Waals surface area contributed by atoms with E-state index in [0.717, 1.165) is 0 Å². The van der Waals surface area contributed by atoms with Gasteiger partial charge in [0.05, 0.1) is 5.56 Å². The fraction of sp³-hybridized carbons (Fsp3) is 0.419. The Bertz CT molecular complexity index is 1120. The topological polar surface area (TPSA) is 24.1 Å². The first-order valence-electron chi connectivity index (χ1n) is 13.2. The fourth-order valence-corrected chi connectivity index (χ4v) is 7.61. The Morgan fingerprint density at radius 2 is 1.47 bits per heavy atom. The predicted molar refractivity (Wildman–Crippen MR) is 136 cm³/mol. The van der Waals surface area contributed by atoms with Gasteiger partial charge < -0.3 is 10.6 Å². The summed E-state index contributed by atoms with van der Waals surface area (Å²) < 4.78 is 41.3. The lowest BCUT2D eigenvalue weighted by atomic mass is 9.66. The van der Waals surface area contributed by atoms with Gasteiger partial charge in [-0.3, -0.25) is 0 Å². The molecule has 0 amide bonds. The summed E-state index contributed by atoms with van der Waals surface area (Å²) in [5.74, 6) is 1.84. The van der Waals surface area contributed by atoms with Gasteiger partial charge in [-0.25, -0.2) is 0 Å². The van der Waals surface area contributed by atoms with Crippen LogP contribution in [-0.4, -0.2) is 18.1 Å². The summed E-state index contributed by atoms with van der Waals surface area (Å²) in [6.45, 7) is 0.218. The molecule has 2 saturated carbocycles. The Balaban J connectivity index is 1.38. The van der Waals surface area contributed by atoms with Crippen molar-refractivity contribution < 1.29 is 13.2 Å². The van der Waals surface area contributed by atoms with E-state index in [1.807, 2.05) is 12.1 Å². The van der Waals surface area contributed by atoms with Crippen molar-refractivity contribution >= 4 is 0 Å². The van der Waals surface area contributed by atoms with Crippen LogP contribution in [0, 0.1) is 17.8 Å². The van der Waals surface area contributed by atoms with E-state index in [9.17, 15) is 13.2 Å². The number of piperidine rings is 1. The maximum atomic E-state index is 13.8. The van der Waals surface area contributed by atoms with Gasteiger partial charge >= 0.3 is 6.18 Å². The van der Waals surface area contributed by atoms with E-state index in [1.165, 1.54) is 48.9 Å². The number of nitrogens with one attached hydrogen (secondary N) is 2. The maximum Gasteiger partial charge on any atom is 0.416 e. The normalized spacial score (nSPS) is 29.4. The molecule has 0 radical (unpaired) electrons. The summed E-state index contributed by atoms with van der Waals surface area (Å²) in [5, 5.41) is 7.77. The summed E-state index contributed by atoms with van der Waals surface area (Å²) >= 11 is 0. The van der Waals surface area contributed by atoms with E-state index in [4.69, 9.17) is 0 Å². The molecule has 3 aromatic carbocycles. The average molecular weight is 491 g/mol. The minimum Gasteiger partial charge on any atom is -0.308 e. The number of benzene rings is 3. The van der Waals surface area contributed by atoms with Gasteiger partial charge in [0, 0.05) is 30.6 Å². The fourth-order valence-electron chi connectivity index (χ4n) is 7.61. The SMILES string of the molecule is FC(F)(F)c1ccccc1CNC1C(C(c2ccccc2)c2ccccc2)N[C@@H]2C[C@H]3CCCC2C13. The molecule has 2 aliphatic carbocycles. The van der Waals surface area contributed by atoms with Crippen molar-refractivity contribution in [1.29, 1.82) is 0 Å². The second-order valence-corrected chi connectivity index (χ2v) is 10.8. The summed E-state index contributed by atoms with van der Waals surface area (Å²) in [4.78, 5) is 0. The van der Waals surface area contributed by atoms with Crippen molar-refractivity contribution in [1.82, 2.24) is 10.6 Å². The Morgan fingerprint density at radius 3 is 2.14 bits per heavy atom. The molecule has 3 fully saturated rings. The van der Waals surface area contributed by atoms with Crippen LogP contribution >= 0.6 is 0 Å². The Kier molecular flexibility index (Phi) is 6.38. The summed E-state index contributed by atoms with van der Waals surface area (Å²) in [7, 11) is 0. The van der Waals surface area contributed by atoms with Crippen LogP contribution in [0.5, 0.6) is 0 Å². The second kappa shape index (κ2) is 9.68. The molecule has 6 rings (SSSR count). The average Bonchev–Trinajstić information content (AvgIpc) is 3.02. The quantitative estimate of drug-likeness (QED) is 0.398. The minimum atomic E-state index is -4.35. The highest BCUT2D eigenvalue weighted by molar-refractivity contribution is 5.37. The first kappa shape index (κ1) is 23.7. The zero-order chi connectivity index (χ0) is 24.7. The summed E-state index contributed by atoms with van der Waals surface area (Å²) in [6, 6.07) is 27.8. The van der Waals surface area contributed by atoms with E-state index < -0.39 is 11.7 Å². The van der Waals surface area contributed by atoms with Gasteiger partial charge in [-0.05, 0) is 53.4 Å². The molecule has 4 bridgehead atoms. The molecule has 1 aliphatic heterocycles. The van der Waals surface area contributed by atoms with Crippen molar-refractivity contribution in [3.8, 4) is 0 Å². The zero-order valence-corrected chi connectivity index (χ0v) is 20.3. The van der Waals surface area contributed by atoms with Gasteiger partial charge in [-0.15, -0.1) is 0 Å². The molecular weight excluding hydrogens is 457 g/mol. The molecule has 2 N–H and O–H groups in total. The molecule has 6 atom stereocenters. The molecule has 188 valence electrons. The highest BCUT2D eigenvalue weighted by Crippen LogP contribution is 2.53. The van der Waals surface area contributed by atoms with Gasteiger partial charge in [0.1, 0.15) is 0 Å². The molecule has 5 heteroatoms. The number of alkyl halides is 3. The molecular formula is C31H33F3N2. The van der Waals surface area contributed by atoms with E-state index >= 15 is 0 Å². The predicted octanol–water partition coefficient (Wildman–Crippen LogP) is 6.77. The molecule has 1 saturated heterocycles. The number of rotatable bonds is 6. The monoisotopic (exact) mass is 490 g/mol. The summed E-state index contributed by atoms with van der Waals surface area (Å²) in [6.07, 6.45) is 0.529. The molecule has 2 nitrogen and oxygen atoms in total. The first-order chi connectivity index (χ1) is 17.5. The van der Waals surface area contributed by atoms with Crippen LogP contribution in [-0.2, 0) is 12.7 Å². The summed E-state index contributed by atoms with van der Waals surface area (Å²) in [5.41, 5.74) is 2.28. The van der Waals surface area contributed by atoms with Crippen molar-refractivity contribution in [2.24, 2.45) is 17.8 Å². The van der Waals surface area contributed by atoms with Gasteiger partial charge in [0.15, 0.2) is 0 Å². The van der Waals surface area contributed by atoms with E-state index in [-0.39, 0.29) is 24.5 Å². The van der Waals surface area contributed by atoms with Crippen molar-refractivity contribution in [2.45, 2.75) is 62.4 Å². The largest absolute Gasteiger partial charge is 0.416 e. The highest BCUT2D eigenvalue weighted by Gasteiger charge is 2.55. The number of hydrogen-bond acceptors (Lipinski definition) is 2. The molecule has 4 unspecified atom stereocenters. The van der Waals surface area contributed by atoms with Crippen LogP contribution in [0.15, 0.2) is 84.9 Å². The van der Waals surface area contributed by atoms with Crippen LogP contribution < -0.4 is 10.6 Å². The molecule has 0 aromatic heterocycles. The van der Waals surface area contributed by atoms with Crippen LogP contribution in [0.25, 0.3) is 0 Å². The van der Waals surface area contributed by atoms with Crippen LogP contribution in [0.3, 0.4) is 0 Å². The van der Waals surface area contributed by atoms with Crippen molar-refractivity contribution in [3.05, 3.63) is 107 Å². The Morgan fingerprint density at radius 1 is 0.833 bits per heavy atom. The smallest absolute Gasteiger partial charge is 0.308 e. The van der Waals surface area contributed by atoms with Crippen molar-refractivity contribution in [3.63, 3.8) is 0 Å². The van der Waals surface area contributed by atoms with Gasteiger partial charge in [0.25, 0.3) is 0 Å². The molecule has 0 spiro atoms. The van der Waals surface area contributed by atoms with Gasteiger partial charge in [-0.1, -0.05) is 91.7 Å². The molecule has 36 heavy (non-hydrogen) atoms. The molecule has 3 aromatic rings. The van der Waals surface area contributed by atoms with Gasteiger partial charge in [-0.2, -0.15) is 13.2 Å². The molecule has 1 heterocycles. The van der Waals surface area contributed by atoms with Crippen LogP contribution in [0.4, 0.5) is 13.2 Å². The lowest BCUT2D eigenvalue weighted by Crippen LogP contribution is -2.63. The number of hydrogen-bond donors (Lipinski definition) is 2. The third kappa shape index (κ3) is 4.37. The standard InChI is InChI=1S/C31H33F3N2/c32-31(33,34)25-17-8-7-14-23(25)19-35-29-28-22-15-9-16-24(28)26(18-22)36-30(29)27(20-10-3-1-4-11-20)21-12-5-2-6-13-21/h1-8,10-14,17,22,24,26-30,35-36H,9,15-16,18-19H2/t22-,24?,26-,28?,29?,30?/m1/s1. The second-order valence-electron chi connectivity index (χ2n) is 10.8. The number of halogens is 3. The highest BCUT2D eigenvalue weighted by atomic mass is 19.4. The van der Waals surface area contributed by atoms with E-state index in [0.29, 0.717) is 29.4 Å². The lowest BCUT2D eigenvalue weighted by Gasteiger charge is -2.49. The Labute approximate surface area is 211 Å². The van der Waals surface area contributed by atoms with Crippen molar-refractivity contribution in [2.75, 3.05) is 0 Å². The maximum absolute atomic E-state index is 13.8. The van der Waals surface area contributed by atoms with E-state index in [1.54, 1.807) is 12.1 Å². The zero-order valence-electron chi connectivity index (χ0n) is 20.3. The van der Waals surface area contributed by atoms with Crippen LogP contribution in [0.2, 0.25) is 0 Å². The van der Waals surface area contributed by atoms with Gasteiger partial charge in [0.2, 0.25) is 0 Å². The molecule has 3 aliphatic rings. The van der Waals surface area contributed by atoms with Crippen LogP contribution in [0.1, 0.15) is 53.9 Å². The third-order valence-corrected chi connectivity index (χ3v) is 8.96.